The van der Waals surface area contributed by atoms with E-state index in [1.165, 1.54) is 13.2 Å². The molecule has 0 amide bonds. The Morgan fingerprint density at radius 2 is 2.29 bits per heavy atom. The number of nitrogens with zero attached hydrogens (tertiary/aromatic N) is 2. The molecule has 0 radical (unpaired) electrons. The van der Waals surface area contributed by atoms with Gasteiger partial charge >= 0.3 is 5.97 Å². The van der Waals surface area contributed by atoms with Crippen molar-refractivity contribution in [3.8, 4) is 0 Å². The molecule has 0 saturated carbocycles. The number of aromatic nitrogens is 2. The predicted molar refractivity (Wildman–Crippen MR) is 60.3 cm³/mol. The number of rotatable bonds is 6. The van der Waals surface area contributed by atoms with Crippen LogP contribution in [-0.2, 0) is 21.9 Å². The highest BCUT2D eigenvalue weighted by Crippen LogP contribution is 2.19. The van der Waals surface area contributed by atoms with E-state index in [1.807, 2.05) is 0 Å². The molecule has 1 rings (SSSR count). The highest BCUT2D eigenvalue weighted by molar-refractivity contribution is 7.89. The van der Waals surface area contributed by atoms with Gasteiger partial charge < -0.3 is 5.11 Å². The minimum atomic E-state index is -3.75. The molecule has 17 heavy (non-hydrogen) atoms. The van der Waals surface area contributed by atoms with Crippen molar-refractivity contribution in [2.24, 2.45) is 7.05 Å². The molecule has 0 aromatic carbocycles. The number of aryl methyl sites for hydroxylation is 1. The van der Waals surface area contributed by atoms with Crippen molar-refractivity contribution in [1.82, 2.24) is 14.5 Å². The summed E-state index contributed by atoms with van der Waals surface area (Å²) < 4.78 is 27.0. The standard InChI is InChI=1S/C8H12ClN3O4S/c1-12-8(6(9)5-10-12)17(15,16)11-4-2-3-7(13)14/h5,11H,2-4H2,1H3,(H,13,14). The Labute approximate surface area is 103 Å². The molecule has 0 aliphatic heterocycles. The number of hydrogen-bond acceptors (Lipinski definition) is 4. The molecule has 96 valence electrons. The van der Waals surface area contributed by atoms with Gasteiger partial charge in [-0.2, -0.15) is 5.10 Å². The molecule has 0 fully saturated rings. The molecule has 0 saturated heterocycles. The van der Waals surface area contributed by atoms with E-state index in [1.54, 1.807) is 0 Å². The summed E-state index contributed by atoms with van der Waals surface area (Å²) >= 11 is 5.70. The van der Waals surface area contributed by atoms with Gasteiger partial charge in [0, 0.05) is 20.0 Å². The van der Waals surface area contributed by atoms with Crippen molar-refractivity contribution in [3.63, 3.8) is 0 Å². The number of hydrogen-bond donors (Lipinski definition) is 2. The summed E-state index contributed by atoms with van der Waals surface area (Å²) in [6.45, 7) is 0.0378. The average Bonchev–Trinajstić information content (AvgIpc) is 2.53. The largest absolute Gasteiger partial charge is 0.481 e. The van der Waals surface area contributed by atoms with Crippen molar-refractivity contribution in [2.75, 3.05) is 6.54 Å². The van der Waals surface area contributed by atoms with E-state index in [-0.39, 0.29) is 29.4 Å². The minimum Gasteiger partial charge on any atom is -0.481 e. The summed E-state index contributed by atoms with van der Waals surface area (Å²) in [5, 5.41) is 12.0. The lowest BCUT2D eigenvalue weighted by molar-refractivity contribution is -0.137. The first kappa shape index (κ1) is 13.9. The summed E-state index contributed by atoms with van der Waals surface area (Å²) in [6.07, 6.45) is 1.35. The number of nitrogens with one attached hydrogen (secondary N) is 1. The molecule has 0 spiro atoms. The number of carboxylic acid groups (broad SMARTS) is 1. The fourth-order valence-corrected chi connectivity index (χ4v) is 2.94. The fraction of sp³-hybridized carbons (Fsp3) is 0.500. The minimum absolute atomic E-state index is 0.0261. The van der Waals surface area contributed by atoms with Crippen LogP contribution in [0.15, 0.2) is 11.2 Å². The molecule has 7 nitrogen and oxygen atoms in total. The second kappa shape index (κ2) is 5.48. The first-order valence-corrected chi connectivity index (χ1v) is 6.59. The van der Waals surface area contributed by atoms with Gasteiger partial charge in [0.2, 0.25) is 0 Å². The molecule has 0 bridgehead atoms. The van der Waals surface area contributed by atoms with Gasteiger partial charge in [-0.25, -0.2) is 13.1 Å². The maximum atomic E-state index is 11.8. The lowest BCUT2D eigenvalue weighted by atomic mass is 10.3. The Hall–Kier alpha value is -1.12. The number of carbonyl (C=O) groups is 1. The monoisotopic (exact) mass is 281 g/mol. The van der Waals surface area contributed by atoms with Crippen LogP contribution in [0.1, 0.15) is 12.8 Å². The molecule has 9 heteroatoms. The molecule has 0 aliphatic rings. The molecule has 1 aromatic heterocycles. The molecule has 1 aromatic rings. The summed E-state index contributed by atoms with van der Waals surface area (Å²) in [6, 6.07) is 0. The number of sulfonamides is 1. The van der Waals surface area contributed by atoms with Crippen molar-refractivity contribution >= 4 is 27.6 Å². The van der Waals surface area contributed by atoms with E-state index in [4.69, 9.17) is 16.7 Å². The summed E-state index contributed by atoms with van der Waals surface area (Å²) in [4.78, 5) is 10.2. The van der Waals surface area contributed by atoms with E-state index in [9.17, 15) is 13.2 Å². The molecular weight excluding hydrogens is 270 g/mol. The van der Waals surface area contributed by atoms with Gasteiger partial charge in [0.15, 0.2) is 5.03 Å². The Bertz CT molecular complexity index is 491. The summed E-state index contributed by atoms with van der Waals surface area (Å²) in [5.74, 6) is -0.970. The van der Waals surface area contributed by atoms with Crippen LogP contribution in [0.4, 0.5) is 0 Å². The smallest absolute Gasteiger partial charge is 0.303 e. The molecule has 0 unspecified atom stereocenters. The van der Waals surface area contributed by atoms with Crippen LogP contribution in [0.5, 0.6) is 0 Å². The summed E-state index contributed by atoms with van der Waals surface area (Å²) in [7, 11) is -2.29. The maximum absolute atomic E-state index is 11.8. The average molecular weight is 282 g/mol. The maximum Gasteiger partial charge on any atom is 0.303 e. The lowest BCUT2D eigenvalue weighted by Gasteiger charge is -2.06. The lowest BCUT2D eigenvalue weighted by Crippen LogP contribution is -2.27. The molecule has 1 heterocycles. The second-order valence-electron chi connectivity index (χ2n) is 3.32. The number of aliphatic carboxylic acids is 1. The van der Waals surface area contributed by atoms with Gasteiger partial charge in [-0.1, -0.05) is 11.6 Å². The van der Waals surface area contributed by atoms with Crippen molar-refractivity contribution < 1.29 is 18.3 Å². The zero-order chi connectivity index (χ0) is 13.1. The number of halogens is 1. The molecule has 0 aliphatic carbocycles. The van der Waals surface area contributed by atoms with Crippen LogP contribution in [0.2, 0.25) is 5.02 Å². The van der Waals surface area contributed by atoms with E-state index in [2.05, 4.69) is 9.82 Å². The zero-order valence-electron chi connectivity index (χ0n) is 9.05. The van der Waals surface area contributed by atoms with Crippen molar-refractivity contribution in [1.29, 1.82) is 0 Å². The molecular formula is C8H12ClN3O4S. The van der Waals surface area contributed by atoms with E-state index < -0.39 is 16.0 Å². The Balaban J connectivity index is 2.67. The Kier molecular flexibility index (Phi) is 4.49. The first-order valence-electron chi connectivity index (χ1n) is 4.73. The molecule has 2 N–H and O–H groups in total. The predicted octanol–water partition coefficient (Wildman–Crippen LogP) is 0.217. The summed E-state index contributed by atoms with van der Waals surface area (Å²) in [5.41, 5.74) is 0. The molecule has 0 atom stereocenters. The van der Waals surface area contributed by atoms with Crippen molar-refractivity contribution in [3.05, 3.63) is 11.2 Å². The van der Waals surface area contributed by atoms with Crippen LogP contribution in [-0.4, -0.2) is 35.8 Å². The quantitative estimate of drug-likeness (QED) is 0.726. The third-order valence-electron chi connectivity index (χ3n) is 1.96. The highest BCUT2D eigenvalue weighted by atomic mass is 35.5. The van der Waals surface area contributed by atoms with Gasteiger partial charge in [0.1, 0.15) is 0 Å². The van der Waals surface area contributed by atoms with Crippen LogP contribution in [0.25, 0.3) is 0 Å². The second-order valence-corrected chi connectivity index (χ2v) is 5.41. The normalized spacial score (nSPS) is 11.6. The van der Waals surface area contributed by atoms with Crippen LogP contribution < -0.4 is 4.72 Å². The zero-order valence-corrected chi connectivity index (χ0v) is 10.6. The third-order valence-corrected chi connectivity index (χ3v) is 3.92. The fourth-order valence-electron chi connectivity index (χ4n) is 1.22. The van der Waals surface area contributed by atoms with Gasteiger partial charge in [-0.3, -0.25) is 9.48 Å². The van der Waals surface area contributed by atoms with E-state index >= 15 is 0 Å². The van der Waals surface area contributed by atoms with Gasteiger partial charge in [-0.15, -0.1) is 0 Å². The highest BCUT2D eigenvalue weighted by Gasteiger charge is 2.21. The third kappa shape index (κ3) is 3.69. The van der Waals surface area contributed by atoms with Crippen LogP contribution >= 0.6 is 11.6 Å². The Morgan fingerprint density at radius 3 is 2.76 bits per heavy atom. The van der Waals surface area contributed by atoms with Crippen molar-refractivity contribution in [2.45, 2.75) is 17.9 Å². The van der Waals surface area contributed by atoms with Gasteiger partial charge in [-0.05, 0) is 6.42 Å². The SMILES string of the molecule is Cn1ncc(Cl)c1S(=O)(=O)NCCCC(=O)O. The number of carboxylic acids is 1. The first-order chi connectivity index (χ1) is 7.84. The van der Waals surface area contributed by atoms with Gasteiger partial charge in [0.25, 0.3) is 10.0 Å². The topological polar surface area (TPSA) is 101 Å². The van der Waals surface area contributed by atoms with Crippen LogP contribution in [0.3, 0.4) is 0 Å². The Morgan fingerprint density at radius 1 is 1.65 bits per heavy atom. The van der Waals surface area contributed by atoms with Crippen LogP contribution in [0, 0.1) is 0 Å². The van der Waals surface area contributed by atoms with E-state index in [0.29, 0.717) is 0 Å². The van der Waals surface area contributed by atoms with E-state index in [0.717, 1.165) is 4.68 Å². The van der Waals surface area contributed by atoms with Gasteiger partial charge in [0.05, 0.1) is 11.2 Å².